The van der Waals surface area contributed by atoms with E-state index in [1.165, 1.54) is 24.3 Å². The van der Waals surface area contributed by atoms with E-state index in [4.69, 9.17) is 0 Å². The van der Waals surface area contributed by atoms with Crippen LogP contribution in [0, 0.1) is 0 Å². The predicted octanol–water partition coefficient (Wildman–Crippen LogP) is 8.06. The van der Waals surface area contributed by atoms with Crippen LogP contribution in [0.4, 0.5) is 79.0 Å². The topological polar surface area (TPSA) is 173 Å². The molecule has 0 unspecified atom stereocenters. The number of rotatable bonds is 7. The van der Waals surface area contributed by atoms with Gasteiger partial charge in [-0.3, -0.25) is 0 Å². The van der Waals surface area contributed by atoms with Gasteiger partial charge in [-0.25, -0.2) is 33.7 Å². The molecule has 2 heterocycles. The van der Waals surface area contributed by atoms with Crippen molar-refractivity contribution in [1.29, 1.82) is 0 Å². The van der Waals surface area contributed by atoms with Gasteiger partial charge in [-0.1, -0.05) is 0 Å². The molecule has 0 radical (unpaired) electrons. The maximum absolute atomic E-state index is 12.7. The Hall–Kier alpha value is -4.80. The molecule has 0 bridgehead atoms. The van der Waals surface area contributed by atoms with Gasteiger partial charge in [0.1, 0.15) is 0 Å². The summed E-state index contributed by atoms with van der Waals surface area (Å²) in [4.78, 5) is 0. The molecule has 0 aliphatic heterocycles. The van der Waals surface area contributed by atoms with Crippen molar-refractivity contribution >= 4 is 40.1 Å². The molecule has 0 N–H and O–H groups in total. The second-order valence-corrected chi connectivity index (χ2v) is 17.8. The largest absolute Gasteiger partial charge is 0.480 e. The zero-order valence-electron chi connectivity index (χ0n) is 28.7. The second-order valence-electron chi connectivity index (χ2n) is 10.9. The van der Waals surface area contributed by atoms with Crippen molar-refractivity contribution < 1.29 is 122 Å². The van der Waals surface area contributed by atoms with E-state index in [1.54, 1.807) is 33.9 Å². The van der Waals surface area contributed by atoms with Crippen molar-refractivity contribution in [3.63, 3.8) is 0 Å². The number of alkyl halides is 18. The van der Waals surface area contributed by atoms with E-state index >= 15 is 0 Å². The third kappa shape index (κ3) is 14.1. The van der Waals surface area contributed by atoms with Crippen molar-refractivity contribution in [3.8, 4) is 22.5 Å². The van der Waals surface area contributed by atoms with Crippen molar-refractivity contribution in [2.45, 2.75) is 34.4 Å². The number of hydrogen-bond donors (Lipinski definition) is 0. The predicted molar refractivity (Wildman–Crippen MR) is 172 cm³/mol. The number of benzene rings is 2. The summed E-state index contributed by atoms with van der Waals surface area (Å²) in [6.07, 6.45) is -1.78. The molecule has 0 amide bonds. The molecule has 0 aliphatic carbocycles. The number of nitrogens with zero attached hydrogens (tertiary/aromatic N) is 4. The van der Waals surface area contributed by atoms with Crippen molar-refractivity contribution in [3.05, 3.63) is 117 Å². The first-order valence-corrected chi connectivity index (χ1v) is 20.4. The van der Waals surface area contributed by atoms with E-state index in [1.807, 2.05) is 24.3 Å². The molecule has 2 aromatic carbocycles. The van der Waals surface area contributed by atoms with Crippen LogP contribution < -0.4 is 9.13 Å². The molecule has 0 atom stereocenters. The maximum Gasteiger partial charge on any atom is 0.480 e. The first kappa shape index (κ1) is 53.3. The molecule has 12 nitrogen and oxygen atoms in total. The Balaban J connectivity index is 0.000000370. The van der Waals surface area contributed by atoms with E-state index < -0.39 is 85.6 Å². The quantitative estimate of drug-likeness (QED) is 0.132. The first-order chi connectivity index (χ1) is 27.5. The molecular weight excluding hydrogens is 991 g/mol. The Morgan fingerprint density at radius 1 is 0.323 bits per heavy atom. The highest BCUT2D eigenvalue weighted by molar-refractivity contribution is 8.13. The van der Waals surface area contributed by atoms with Crippen LogP contribution in [0.5, 0.6) is 0 Å². The highest BCUT2D eigenvalue weighted by atomic mass is 32.3. The number of sulfonamides is 4. The Bertz CT molecular complexity index is 2340. The summed E-state index contributed by atoms with van der Waals surface area (Å²) in [6.45, 7) is 0. The fourth-order valence-corrected chi connectivity index (χ4v) is 7.07. The van der Waals surface area contributed by atoms with E-state index in [2.05, 4.69) is 0 Å². The normalized spacial score (nSPS) is 13.6. The fourth-order valence-electron chi connectivity index (χ4n) is 3.65. The van der Waals surface area contributed by atoms with Crippen LogP contribution in [0.3, 0.4) is 0 Å². The minimum atomic E-state index is -6.72. The molecule has 4 aromatic rings. The lowest BCUT2D eigenvalue weighted by atomic mass is 10.1. The molecule has 0 spiro atoms. The summed E-state index contributed by atoms with van der Waals surface area (Å²) < 4.78 is 298. The van der Waals surface area contributed by atoms with Gasteiger partial charge in [0.05, 0.1) is 11.1 Å². The molecule has 62 heavy (non-hydrogen) atoms. The Morgan fingerprint density at radius 2 is 0.516 bits per heavy atom. The van der Waals surface area contributed by atoms with E-state index in [0.29, 0.717) is 11.4 Å². The maximum atomic E-state index is 12.7. The van der Waals surface area contributed by atoms with Gasteiger partial charge < -0.3 is 8.25 Å². The zero-order chi connectivity index (χ0) is 48.3. The third-order valence-corrected chi connectivity index (χ3v) is 12.0. The molecule has 4 rings (SSSR count). The molecule has 0 aliphatic rings. The van der Waals surface area contributed by atoms with Crippen molar-refractivity contribution in [2.24, 2.45) is 0 Å². The fraction of sp³-hybridized carbons (Fsp3) is 0.214. The lowest BCUT2D eigenvalue weighted by molar-refractivity contribution is -0.596. The number of aromatic nitrogens is 2. The van der Waals surface area contributed by atoms with Crippen LogP contribution in [0.2, 0.25) is 0 Å². The van der Waals surface area contributed by atoms with Crippen LogP contribution in [0.1, 0.15) is 11.1 Å². The molecule has 0 saturated heterocycles. The third-order valence-electron chi connectivity index (χ3n) is 6.54. The van der Waals surface area contributed by atoms with Gasteiger partial charge >= 0.3 is 34.4 Å². The molecular formula is C28H16F18N4O8S4. The van der Waals surface area contributed by atoms with Crippen LogP contribution in [0.15, 0.2) is 97.6 Å². The average Bonchev–Trinajstić information content (AvgIpc) is 3.09. The van der Waals surface area contributed by atoms with E-state index in [9.17, 15) is 113 Å². The number of pyridine rings is 2. The minimum absolute atomic E-state index is 0.595. The van der Waals surface area contributed by atoms with E-state index in [-0.39, 0.29) is 0 Å². The van der Waals surface area contributed by atoms with Gasteiger partial charge in [0.15, 0.2) is 64.9 Å². The van der Waals surface area contributed by atoms with Gasteiger partial charge in [-0.15, -0.1) is 0 Å². The van der Waals surface area contributed by atoms with Crippen LogP contribution in [-0.4, -0.2) is 55.7 Å². The minimum Gasteiger partial charge on any atom is -0.421 e. The average molecular weight is 1010 g/mol. The van der Waals surface area contributed by atoms with Crippen LogP contribution in [0.25, 0.3) is 30.8 Å². The summed E-state index contributed by atoms with van der Waals surface area (Å²) in [7, 11) is -26.9. The smallest absolute Gasteiger partial charge is 0.421 e. The summed E-state index contributed by atoms with van der Waals surface area (Å²) >= 11 is 0. The molecule has 0 saturated carbocycles. The summed E-state index contributed by atoms with van der Waals surface area (Å²) in [5.41, 5.74) is -23.3. The second kappa shape index (κ2) is 18.1. The lowest BCUT2D eigenvalue weighted by Crippen LogP contribution is -2.30. The monoisotopic (exact) mass is 1010 g/mol. The number of halogens is 18. The number of hydrogen-bond acceptors (Lipinski definition) is 8. The van der Waals surface area contributed by atoms with Gasteiger partial charge in [0.2, 0.25) is 11.4 Å². The molecule has 346 valence electrons. The highest BCUT2D eigenvalue weighted by Crippen LogP contribution is 2.38. The highest BCUT2D eigenvalue weighted by Gasteiger charge is 2.48. The van der Waals surface area contributed by atoms with Gasteiger partial charge in [-0.2, -0.15) is 88.2 Å². The van der Waals surface area contributed by atoms with Crippen LogP contribution in [-0.2, 0) is 52.4 Å². The SMILES string of the molecule is FC(F)(F)c1ccc(-[n+]2ccc(-c3cc[n+](-c4ccc(C(F)(F)F)cc4)cc3)cc2)cc1.O=S(=O)([N-]S(=O)(=O)C(F)(F)F)C(F)(F)F.O=S(=O)([N-]S(=O)(=O)C(F)(F)F)C(F)(F)F. The Kier molecular flexibility index (Phi) is 15.6. The Morgan fingerprint density at radius 3 is 0.677 bits per heavy atom. The molecule has 34 heteroatoms. The molecule has 0 fully saturated rings. The molecule has 2 aromatic heterocycles. The summed E-state index contributed by atoms with van der Waals surface area (Å²) in [5, 5.41) is 0. The van der Waals surface area contributed by atoms with Crippen molar-refractivity contribution in [2.75, 3.05) is 0 Å². The standard InChI is InChI=1S/C24H16F6N2.2C2F6NO4S2/c25-23(26,27)19-1-5-21(6-2-19)31-13-9-17(10-14-31)18-11-15-32(16-12-18)22-7-3-20(4-8-22)24(28,29)30;2*3-1(4,5)14(10,11)9-15(12,13)2(6,7)8/h1-16H;;/q+2;2*-1. The van der Waals surface area contributed by atoms with Gasteiger partial charge in [0.25, 0.3) is 0 Å². The zero-order valence-corrected chi connectivity index (χ0v) is 32.0. The lowest BCUT2D eigenvalue weighted by Gasteiger charge is -2.22. The summed E-state index contributed by atoms with van der Waals surface area (Å²) in [6, 6.07) is 17.1. The first-order valence-electron chi connectivity index (χ1n) is 14.6. The van der Waals surface area contributed by atoms with Crippen LogP contribution >= 0.6 is 0 Å². The Labute approximate surface area is 335 Å². The van der Waals surface area contributed by atoms with Gasteiger partial charge in [0, 0.05) is 48.5 Å². The van der Waals surface area contributed by atoms with Gasteiger partial charge in [-0.05, 0) is 35.4 Å². The van der Waals surface area contributed by atoms with Crippen molar-refractivity contribution in [1.82, 2.24) is 0 Å². The van der Waals surface area contributed by atoms with E-state index in [0.717, 1.165) is 43.6 Å². The summed E-state index contributed by atoms with van der Waals surface area (Å²) in [5.74, 6) is 0.